The van der Waals surface area contributed by atoms with Crippen LogP contribution < -0.4 is 4.72 Å². The molecule has 1 aliphatic carbocycles. The Morgan fingerprint density at radius 3 is 2.90 bits per heavy atom. The largest absolute Gasteiger partial charge is 0.396 e. The predicted octanol–water partition coefficient (Wildman–Crippen LogP) is 1.51. The fourth-order valence-corrected chi connectivity index (χ4v) is 4.25. The number of rotatable bonds is 7. The Bertz CT molecular complexity index is 541. The van der Waals surface area contributed by atoms with E-state index < -0.39 is 10.0 Å². The molecule has 1 aliphatic rings. The molecule has 1 fully saturated rings. The Hall–Kier alpha value is -0.920. The van der Waals surface area contributed by atoms with Gasteiger partial charge in [0.2, 0.25) is 10.0 Å². The number of hydrogen-bond acceptors (Lipinski definition) is 4. The lowest BCUT2D eigenvalue weighted by Gasteiger charge is -2.31. The van der Waals surface area contributed by atoms with E-state index >= 15 is 0 Å². The monoisotopic (exact) mass is 315 g/mol. The average Bonchev–Trinajstić information content (AvgIpc) is 2.95. The molecular weight excluding hydrogens is 290 g/mol. The number of sulfonamides is 1. The maximum atomic E-state index is 12.4. The molecule has 7 heteroatoms. The van der Waals surface area contributed by atoms with Crippen LogP contribution >= 0.6 is 0 Å². The maximum Gasteiger partial charge on any atom is 0.243 e. The Kier molecular flexibility index (Phi) is 5.78. The maximum absolute atomic E-state index is 12.4. The fraction of sp³-hybridized carbons (Fsp3) is 0.786. The van der Waals surface area contributed by atoms with E-state index in [1.807, 2.05) is 0 Å². The lowest BCUT2D eigenvalue weighted by atomic mass is 9.83. The van der Waals surface area contributed by atoms with E-state index in [4.69, 9.17) is 5.11 Å². The Morgan fingerprint density at radius 2 is 2.19 bits per heavy atom. The first kappa shape index (κ1) is 16.5. The summed E-state index contributed by atoms with van der Waals surface area (Å²) in [7, 11) is -3.50. The van der Waals surface area contributed by atoms with Gasteiger partial charge in [-0.1, -0.05) is 26.2 Å². The second-order valence-electron chi connectivity index (χ2n) is 5.70. The van der Waals surface area contributed by atoms with E-state index in [1.54, 1.807) is 4.68 Å². The molecule has 2 rings (SSSR count). The summed E-state index contributed by atoms with van der Waals surface area (Å²) in [6.07, 6.45) is 8.76. The zero-order valence-corrected chi connectivity index (χ0v) is 13.3. The van der Waals surface area contributed by atoms with Crippen molar-refractivity contribution in [1.82, 2.24) is 14.5 Å². The molecule has 1 aromatic heterocycles. The highest BCUT2D eigenvalue weighted by Crippen LogP contribution is 2.28. The Labute approximate surface area is 126 Å². The molecule has 2 unspecified atom stereocenters. The summed E-state index contributed by atoms with van der Waals surface area (Å²) in [6, 6.07) is 0.0366. The van der Waals surface area contributed by atoms with Crippen molar-refractivity contribution in [1.29, 1.82) is 0 Å². The zero-order chi connectivity index (χ0) is 15.3. The van der Waals surface area contributed by atoms with Gasteiger partial charge in [-0.2, -0.15) is 5.10 Å². The van der Waals surface area contributed by atoms with Crippen molar-refractivity contribution in [3.05, 3.63) is 12.4 Å². The summed E-state index contributed by atoms with van der Waals surface area (Å²) >= 11 is 0. The molecule has 0 aromatic carbocycles. The number of aryl methyl sites for hydroxylation is 1. The van der Waals surface area contributed by atoms with E-state index in [-0.39, 0.29) is 17.5 Å². The van der Waals surface area contributed by atoms with Crippen molar-refractivity contribution >= 4 is 10.0 Å². The number of nitrogens with zero attached hydrogens (tertiary/aromatic N) is 2. The van der Waals surface area contributed by atoms with E-state index in [0.29, 0.717) is 18.9 Å². The predicted molar refractivity (Wildman–Crippen MR) is 80.3 cm³/mol. The van der Waals surface area contributed by atoms with Gasteiger partial charge in [0, 0.05) is 25.4 Å². The van der Waals surface area contributed by atoms with Crippen molar-refractivity contribution < 1.29 is 13.5 Å². The third-order valence-electron chi connectivity index (χ3n) is 4.21. The number of aliphatic hydroxyl groups excluding tert-OH is 1. The highest BCUT2D eigenvalue weighted by Gasteiger charge is 2.28. The Balaban J connectivity index is 2.05. The van der Waals surface area contributed by atoms with Gasteiger partial charge < -0.3 is 5.11 Å². The van der Waals surface area contributed by atoms with Crippen molar-refractivity contribution in [3.8, 4) is 0 Å². The van der Waals surface area contributed by atoms with Gasteiger partial charge in [0.05, 0.1) is 6.20 Å². The highest BCUT2D eigenvalue weighted by molar-refractivity contribution is 7.89. The lowest BCUT2D eigenvalue weighted by Crippen LogP contribution is -2.41. The number of nitrogens with one attached hydrogen (secondary N) is 1. The standard InChI is InChI=1S/C14H25N3O3S/c1-2-12-6-3-4-7-14(12)16-21(19,20)13-10-15-17(11-13)8-5-9-18/h10-12,14,16,18H,2-9H2,1H3. The normalized spacial score (nSPS) is 23.3. The quantitative estimate of drug-likeness (QED) is 0.799. The highest BCUT2D eigenvalue weighted by atomic mass is 32.2. The van der Waals surface area contributed by atoms with Gasteiger partial charge in [-0.15, -0.1) is 0 Å². The van der Waals surface area contributed by atoms with E-state index in [0.717, 1.165) is 25.7 Å². The van der Waals surface area contributed by atoms with Crippen molar-refractivity contribution in [3.63, 3.8) is 0 Å². The molecule has 0 radical (unpaired) electrons. The van der Waals surface area contributed by atoms with Crippen molar-refractivity contribution in [2.45, 2.75) is 62.9 Å². The van der Waals surface area contributed by atoms with Crippen LogP contribution in [0.2, 0.25) is 0 Å². The number of aliphatic hydroxyl groups is 1. The molecular formula is C14H25N3O3S. The minimum atomic E-state index is -3.50. The molecule has 0 spiro atoms. The summed E-state index contributed by atoms with van der Waals surface area (Å²) in [5, 5.41) is 12.8. The molecule has 0 amide bonds. The van der Waals surface area contributed by atoms with Gasteiger partial charge in [0.15, 0.2) is 0 Å². The zero-order valence-electron chi connectivity index (χ0n) is 12.5. The molecule has 1 aromatic rings. The molecule has 120 valence electrons. The van der Waals surface area contributed by atoms with Crippen LogP contribution in [-0.4, -0.2) is 36.0 Å². The summed E-state index contributed by atoms with van der Waals surface area (Å²) in [6.45, 7) is 2.71. The topological polar surface area (TPSA) is 84.2 Å². The van der Waals surface area contributed by atoms with Gasteiger partial charge in [0.25, 0.3) is 0 Å². The van der Waals surface area contributed by atoms with E-state index in [9.17, 15) is 8.42 Å². The fourth-order valence-electron chi connectivity index (χ4n) is 2.96. The summed E-state index contributed by atoms with van der Waals surface area (Å²) in [5.41, 5.74) is 0. The van der Waals surface area contributed by atoms with Gasteiger partial charge in [-0.3, -0.25) is 4.68 Å². The second kappa shape index (κ2) is 7.38. The summed E-state index contributed by atoms with van der Waals surface area (Å²) in [5.74, 6) is 0.429. The molecule has 2 N–H and O–H groups in total. The number of aromatic nitrogens is 2. The van der Waals surface area contributed by atoms with E-state index in [1.165, 1.54) is 18.8 Å². The molecule has 0 saturated heterocycles. The minimum Gasteiger partial charge on any atom is -0.396 e. The SMILES string of the molecule is CCC1CCCCC1NS(=O)(=O)c1cnn(CCCO)c1. The molecule has 2 atom stereocenters. The van der Waals surface area contributed by atoms with Crippen LogP contribution in [0.5, 0.6) is 0 Å². The molecule has 1 saturated carbocycles. The van der Waals surface area contributed by atoms with Gasteiger partial charge in [-0.05, 0) is 25.2 Å². The number of hydrogen-bond donors (Lipinski definition) is 2. The van der Waals surface area contributed by atoms with Crippen molar-refractivity contribution in [2.24, 2.45) is 5.92 Å². The molecule has 1 heterocycles. The van der Waals surface area contributed by atoms with Gasteiger partial charge >= 0.3 is 0 Å². The Morgan fingerprint density at radius 1 is 1.43 bits per heavy atom. The van der Waals surface area contributed by atoms with Crippen LogP contribution in [-0.2, 0) is 16.6 Å². The molecule has 21 heavy (non-hydrogen) atoms. The third kappa shape index (κ3) is 4.28. The van der Waals surface area contributed by atoms with Crippen LogP contribution in [0.15, 0.2) is 17.3 Å². The first-order valence-electron chi connectivity index (χ1n) is 7.72. The van der Waals surface area contributed by atoms with Crippen LogP contribution in [0.3, 0.4) is 0 Å². The van der Waals surface area contributed by atoms with Gasteiger partial charge in [-0.25, -0.2) is 13.1 Å². The molecule has 0 bridgehead atoms. The lowest BCUT2D eigenvalue weighted by molar-refractivity contribution is 0.277. The first-order chi connectivity index (χ1) is 10.1. The minimum absolute atomic E-state index is 0.0366. The summed E-state index contributed by atoms with van der Waals surface area (Å²) in [4.78, 5) is 0.209. The molecule has 6 nitrogen and oxygen atoms in total. The average molecular weight is 315 g/mol. The van der Waals surface area contributed by atoms with E-state index in [2.05, 4.69) is 16.7 Å². The van der Waals surface area contributed by atoms with Gasteiger partial charge in [0.1, 0.15) is 4.90 Å². The van der Waals surface area contributed by atoms with Crippen LogP contribution in [0.1, 0.15) is 45.4 Å². The third-order valence-corrected chi connectivity index (χ3v) is 5.65. The van der Waals surface area contributed by atoms with Crippen molar-refractivity contribution in [2.75, 3.05) is 6.61 Å². The van der Waals surface area contributed by atoms with Crippen LogP contribution in [0, 0.1) is 5.92 Å². The second-order valence-corrected chi connectivity index (χ2v) is 7.41. The smallest absolute Gasteiger partial charge is 0.243 e. The first-order valence-corrected chi connectivity index (χ1v) is 9.20. The molecule has 0 aliphatic heterocycles. The van der Waals surface area contributed by atoms with Crippen LogP contribution in [0.25, 0.3) is 0 Å². The summed E-state index contributed by atoms with van der Waals surface area (Å²) < 4.78 is 29.3. The van der Waals surface area contributed by atoms with Crippen LogP contribution in [0.4, 0.5) is 0 Å².